The zero-order chi connectivity index (χ0) is 22.2. The molecule has 4 nitrogen and oxygen atoms in total. The normalized spacial score (nSPS) is 18.5. The SMILES string of the molecule is CC(C)CCCCCCCOC(=O)C1CCC1C(=O)OCCCCCCCC(C)C. The quantitative estimate of drug-likeness (QED) is 0.174. The Morgan fingerprint density at radius 1 is 0.600 bits per heavy atom. The largest absolute Gasteiger partial charge is 0.465 e. The van der Waals surface area contributed by atoms with E-state index in [2.05, 4.69) is 27.7 Å². The fraction of sp³-hybridized carbons (Fsp3) is 0.923. The van der Waals surface area contributed by atoms with Gasteiger partial charge in [0.2, 0.25) is 0 Å². The first-order valence-corrected chi connectivity index (χ1v) is 12.7. The molecule has 2 atom stereocenters. The van der Waals surface area contributed by atoms with Crippen molar-refractivity contribution in [2.75, 3.05) is 13.2 Å². The van der Waals surface area contributed by atoms with Crippen LogP contribution in [-0.2, 0) is 19.1 Å². The molecule has 1 aliphatic rings. The first kappa shape index (κ1) is 27.0. The molecule has 0 aromatic heterocycles. The standard InChI is InChI=1S/C26H48O4/c1-21(2)15-11-7-5-9-13-19-29-25(27)23-17-18-24(23)26(28)30-20-14-10-6-8-12-16-22(3)4/h21-24H,5-20H2,1-4H3. The maximum Gasteiger partial charge on any atom is 0.309 e. The fourth-order valence-corrected chi connectivity index (χ4v) is 3.99. The Morgan fingerprint density at radius 2 is 0.933 bits per heavy atom. The summed E-state index contributed by atoms with van der Waals surface area (Å²) >= 11 is 0. The summed E-state index contributed by atoms with van der Waals surface area (Å²) in [5, 5.41) is 0. The Kier molecular flexibility index (Phi) is 14.9. The molecule has 1 fully saturated rings. The molecule has 1 aliphatic carbocycles. The molecule has 0 aromatic carbocycles. The van der Waals surface area contributed by atoms with Crippen molar-refractivity contribution in [3.05, 3.63) is 0 Å². The Morgan fingerprint density at radius 3 is 1.27 bits per heavy atom. The van der Waals surface area contributed by atoms with E-state index in [9.17, 15) is 9.59 Å². The van der Waals surface area contributed by atoms with Crippen molar-refractivity contribution < 1.29 is 19.1 Å². The van der Waals surface area contributed by atoms with E-state index in [-0.39, 0.29) is 23.8 Å². The maximum atomic E-state index is 12.2. The molecular weight excluding hydrogens is 376 g/mol. The third kappa shape index (κ3) is 12.6. The summed E-state index contributed by atoms with van der Waals surface area (Å²) in [4.78, 5) is 24.5. The smallest absolute Gasteiger partial charge is 0.309 e. The van der Waals surface area contributed by atoms with Gasteiger partial charge in [-0.3, -0.25) is 9.59 Å². The van der Waals surface area contributed by atoms with Crippen LogP contribution in [0.1, 0.15) is 118 Å². The lowest BCUT2D eigenvalue weighted by molar-refractivity contribution is -0.167. The van der Waals surface area contributed by atoms with Crippen LogP contribution in [0, 0.1) is 23.7 Å². The van der Waals surface area contributed by atoms with Crippen molar-refractivity contribution in [1.29, 1.82) is 0 Å². The monoisotopic (exact) mass is 424 g/mol. The summed E-state index contributed by atoms with van der Waals surface area (Å²) in [6.45, 7) is 10.0. The molecule has 0 aromatic rings. The number of hydrogen-bond acceptors (Lipinski definition) is 4. The Labute approximate surface area is 185 Å². The van der Waals surface area contributed by atoms with Crippen molar-refractivity contribution in [3.8, 4) is 0 Å². The molecule has 0 amide bonds. The Hall–Kier alpha value is -1.06. The second kappa shape index (κ2) is 16.6. The molecule has 0 radical (unpaired) electrons. The van der Waals surface area contributed by atoms with E-state index in [1.165, 1.54) is 51.4 Å². The number of ether oxygens (including phenoxy) is 2. The van der Waals surface area contributed by atoms with E-state index in [0.717, 1.165) is 50.4 Å². The third-order valence-corrected chi connectivity index (χ3v) is 6.22. The molecular formula is C26H48O4. The summed E-state index contributed by atoms with van der Waals surface area (Å²) in [6, 6.07) is 0. The van der Waals surface area contributed by atoms with Gasteiger partial charge in [0.15, 0.2) is 0 Å². The van der Waals surface area contributed by atoms with E-state index < -0.39 is 0 Å². The highest BCUT2D eigenvalue weighted by Gasteiger charge is 2.43. The van der Waals surface area contributed by atoms with Crippen LogP contribution in [0.25, 0.3) is 0 Å². The summed E-state index contributed by atoms with van der Waals surface area (Å²) in [7, 11) is 0. The van der Waals surface area contributed by atoms with Gasteiger partial charge in [0.25, 0.3) is 0 Å². The van der Waals surface area contributed by atoms with Crippen LogP contribution in [0.4, 0.5) is 0 Å². The van der Waals surface area contributed by atoms with Crippen LogP contribution >= 0.6 is 0 Å². The van der Waals surface area contributed by atoms with E-state index in [1.54, 1.807) is 0 Å². The van der Waals surface area contributed by atoms with Gasteiger partial charge in [-0.05, 0) is 37.5 Å². The minimum atomic E-state index is -0.278. The zero-order valence-electron chi connectivity index (χ0n) is 20.3. The van der Waals surface area contributed by atoms with Crippen LogP contribution in [-0.4, -0.2) is 25.2 Å². The number of rotatable bonds is 18. The molecule has 2 unspecified atom stereocenters. The highest BCUT2D eigenvalue weighted by Crippen LogP contribution is 2.36. The molecule has 0 saturated heterocycles. The minimum Gasteiger partial charge on any atom is -0.465 e. The van der Waals surface area contributed by atoms with Crippen molar-refractivity contribution in [2.24, 2.45) is 23.7 Å². The highest BCUT2D eigenvalue weighted by molar-refractivity contribution is 5.83. The van der Waals surface area contributed by atoms with E-state index in [4.69, 9.17) is 9.47 Å². The Balaban J connectivity index is 2.01. The molecule has 1 saturated carbocycles. The van der Waals surface area contributed by atoms with Crippen molar-refractivity contribution in [1.82, 2.24) is 0 Å². The van der Waals surface area contributed by atoms with E-state index in [0.29, 0.717) is 13.2 Å². The van der Waals surface area contributed by atoms with Gasteiger partial charge in [-0.2, -0.15) is 0 Å². The number of hydrogen-bond donors (Lipinski definition) is 0. The third-order valence-electron chi connectivity index (χ3n) is 6.22. The van der Waals surface area contributed by atoms with Crippen LogP contribution in [0.15, 0.2) is 0 Å². The predicted octanol–water partition coefficient (Wildman–Crippen LogP) is 7.09. The predicted molar refractivity (Wildman–Crippen MR) is 123 cm³/mol. The molecule has 4 heteroatoms. The lowest BCUT2D eigenvalue weighted by Crippen LogP contribution is -2.40. The Bertz CT molecular complexity index is 416. The molecule has 1 rings (SSSR count). The van der Waals surface area contributed by atoms with Gasteiger partial charge in [0.1, 0.15) is 0 Å². The summed E-state index contributed by atoms with van der Waals surface area (Å²) in [5.74, 6) is 0.612. The lowest BCUT2D eigenvalue weighted by atomic mass is 9.73. The van der Waals surface area contributed by atoms with E-state index >= 15 is 0 Å². The lowest BCUT2D eigenvalue weighted by Gasteiger charge is -2.32. The first-order valence-electron chi connectivity index (χ1n) is 12.7. The zero-order valence-corrected chi connectivity index (χ0v) is 20.3. The number of esters is 2. The van der Waals surface area contributed by atoms with Crippen molar-refractivity contribution in [2.45, 2.75) is 118 Å². The van der Waals surface area contributed by atoms with Crippen LogP contribution < -0.4 is 0 Å². The maximum absolute atomic E-state index is 12.2. The van der Waals surface area contributed by atoms with Gasteiger partial charge in [-0.15, -0.1) is 0 Å². The first-order chi connectivity index (χ1) is 14.4. The van der Waals surface area contributed by atoms with Crippen LogP contribution in [0.2, 0.25) is 0 Å². The fourth-order valence-electron chi connectivity index (χ4n) is 3.99. The van der Waals surface area contributed by atoms with Gasteiger partial charge < -0.3 is 9.47 Å². The molecule has 30 heavy (non-hydrogen) atoms. The van der Waals surface area contributed by atoms with Gasteiger partial charge in [-0.25, -0.2) is 0 Å². The molecule has 0 N–H and O–H groups in total. The molecule has 176 valence electrons. The molecule has 0 spiro atoms. The van der Waals surface area contributed by atoms with Crippen molar-refractivity contribution in [3.63, 3.8) is 0 Å². The molecule has 0 aliphatic heterocycles. The van der Waals surface area contributed by atoms with Crippen molar-refractivity contribution >= 4 is 11.9 Å². The van der Waals surface area contributed by atoms with Gasteiger partial charge >= 0.3 is 11.9 Å². The number of carbonyl (C=O) groups is 2. The summed E-state index contributed by atoms with van der Waals surface area (Å²) < 4.78 is 10.8. The average Bonchev–Trinajstić information content (AvgIpc) is 2.64. The summed E-state index contributed by atoms with van der Waals surface area (Å²) in [5.41, 5.74) is 0. The van der Waals surface area contributed by atoms with E-state index in [1.807, 2.05) is 0 Å². The molecule has 0 heterocycles. The van der Waals surface area contributed by atoms with Gasteiger partial charge in [-0.1, -0.05) is 91.9 Å². The second-order valence-corrected chi connectivity index (χ2v) is 10.0. The average molecular weight is 425 g/mol. The number of unbranched alkanes of at least 4 members (excludes halogenated alkanes) is 8. The topological polar surface area (TPSA) is 52.6 Å². The van der Waals surface area contributed by atoms with Gasteiger partial charge in [0.05, 0.1) is 25.0 Å². The van der Waals surface area contributed by atoms with Crippen LogP contribution in [0.3, 0.4) is 0 Å². The minimum absolute atomic E-state index is 0.201. The van der Waals surface area contributed by atoms with Crippen LogP contribution in [0.5, 0.6) is 0 Å². The summed E-state index contributed by atoms with van der Waals surface area (Å²) in [6.07, 6.45) is 15.7. The highest BCUT2D eigenvalue weighted by atomic mass is 16.5. The number of carbonyl (C=O) groups excluding carboxylic acids is 2. The second-order valence-electron chi connectivity index (χ2n) is 10.0. The molecule has 0 bridgehead atoms. The van der Waals surface area contributed by atoms with Gasteiger partial charge in [0, 0.05) is 0 Å².